The molecule has 0 heterocycles. The summed E-state index contributed by atoms with van der Waals surface area (Å²) in [7, 11) is 0. The molecule has 1 aliphatic rings. The minimum absolute atomic E-state index is 0.102. The summed E-state index contributed by atoms with van der Waals surface area (Å²) in [6.45, 7) is 5.24. The first-order valence-corrected chi connectivity index (χ1v) is 7.68. The van der Waals surface area contributed by atoms with Gasteiger partial charge in [0.25, 0.3) is 0 Å². The van der Waals surface area contributed by atoms with Gasteiger partial charge in [-0.1, -0.05) is 0 Å². The SMILES string of the molecule is CC(C)N(CCCC(=O)O)C(=O)C1CCC(CN)CC1. The summed E-state index contributed by atoms with van der Waals surface area (Å²) in [6.07, 6.45) is 4.56. The molecule has 1 fully saturated rings. The van der Waals surface area contributed by atoms with Gasteiger partial charge in [0, 0.05) is 24.9 Å². The zero-order valence-corrected chi connectivity index (χ0v) is 12.7. The van der Waals surface area contributed by atoms with Crippen LogP contribution >= 0.6 is 0 Å². The van der Waals surface area contributed by atoms with Crippen molar-refractivity contribution in [3.8, 4) is 0 Å². The number of nitrogens with zero attached hydrogens (tertiary/aromatic N) is 1. The van der Waals surface area contributed by atoms with Crippen LogP contribution in [0.1, 0.15) is 52.4 Å². The Hall–Kier alpha value is -1.10. The smallest absolute Gasteiger partial charge is 0.303 e. The molecular weight excluding hydrogens is 256 g/mol. The number of carbonyl (C=O) groups excluding carboxylic acids is 1. The van der Waals surface area contributed by atoms with Crippen LogP contribution < -0.4 is 5.73 Å². The lowest BCUT2D eigenvalue weighted by atomic mass is 9.81. The number of aliphatic carboxylic acids is 1. The van der Waals surface area contributed by atoms with Crippen LogP contribution in [0.15, 0.2) is 0 Å². The normalized spacial score (nSPS) is 22.8. The van der Waals surface area contributed by atoms with Crippen molar-refractivity contribution in [3.63, 3.8) is 0 Å². The number of carbonyl (C=O) groups is 2. The van der Waals surface area contributed by atoms with Crippen LogP contribution in [-0.4, -0.2) is 41.0 Å². The lowest BCUT2D eigenvalue weighted by molar-refractivity contribution is -0.141. The maximum atomic E-state index is 12.6. The maximum absolute atomic E-state index is 12.6. The molecule has 0 aromatic rings. The van der Waals surface area contributed by atoms with Crippen molar-refractivity contribution >= 4 is 11.9 Å². The Labute approximate surface area is 121 Å². The molecule has 116 valence electrons. The van der Waals surface area contributed by atoms with Gasteiger partial charge in [-0.25, -0.2) is 0 Å². The Morgan fingerprint density at radius 1 is 1.25 bits per heavy atom. The summed E-state index contributed by atoms with van der Waals surface area (Å²) in [5, 5.41) is 8.69. The molecule has 0 aromatic carbocycles. The summed E-state index contributed by atoms with van der Waals surface area (Å²) in [5.41, 5.74) is 5.68. The van der Waals surface area contributed by atoms with Crippen molar-refractivity contribution < 1.29 is 14.7 Å². The van der Waals surface area contributed by atoms with Gasteiger partial charge in [0.1, 0.15) is 0 Å². The first kappa shape index (κ1) is 17.0. The lowest BCUT2D eigenvalue weighted by Crippen LogP contribution is -2.43. The Bertz CT molecular complexity index is 323. The molecule has 0 radical (unpaired) electrons. The monoisotopic (exact) mass is 284 g/mol. The summed E-state index contributed by atoms with van der Waals surface area (Å²) < 4.78 is 0. The van der Waals surface area contributed by atoms with Crippen LogP contribution in [0.5, 0.6) is 0 Å². The van der Waals surface area contributed by atoms with E-state index in [9.17, 15) is 9.59 Å². The fourth-order valence-electron chi connectivity index (χ4n) is 2.90. The molecule has 0 spiro atoms. The fourth-order valence-corrected chi connectivity index (χ4v) is 2.90. The quantitative estimate of drug-likeness (QED) is 0.747. The Morgan fingerprint density at radius 2 is 1.85 bits per heavy atom. The van der Waals surface area contributed by atoms with Gasteiger partial charge in [0.2, 0.25) is 5.91 Å². The highest BCUT2D eigenvalue weighted by atomic mass is 16.4. The zero-order valence-electron chi connectivity index (χ0n) is 12.7. The Morgan fingerprint density at radius 3 is 2.30 bits per heavy atom. The standard InChI is InChI=1S/C15H28N2O3/c1-11(2)17(9-3-4-14(18)19)15(20)13-7-5-12(10-16)6-8-13/h11-13H,3-10,16H2,1-2H3,(H,18,19). The third kappa shape index (κ3) is 5.12. The molecule has 1 saturated carbocycles. The number of amides is 1. The molecular formula is C15H28N2O3. The van der Waals surface area contributed by atoms with E-state index in [1.54, 1.807) is 0 Å². The summed E-state index contributed by atoms with van der Waals surface area (Å²) in [6, 6.07) is 0.128. The molecule has 0 saturated heterocycles. The number of carboxylic acids is 1. The molecule has 1 aliphatic carbocycles. The van der Waals surface area contributed by atoms with Crippen molar-refractivity contribution in [3.05, 3.63) is 0 Å². The van der Waals surface area contributed by atoms with Gasteiger partial charge in [0.05, 0.1) is 0 Å². The molecule has 0 aromatic heterocycles. The average Bonchev–Trinajstić information content (AvgIpc) is 2.42. The third-order valence-electron chi connectivity index (χ3n) is 4.23. The molecule has 20 heavy (non-hydrogen) atoms. The van der Waals surface area contributed by atoms with Crippen molar-refractivity contribution in [2.24, 2.45) is 17.6 Å². The number of hydrogen-bond acceptors (Lipinski definition) is 3. The fraction of sp³-hybridized carbons (Fsp3) is 0.867. The number of rotatable bonds is 7. The molecule has 3 N–H and O–H groups in total. The van der Waals surface area contributed by atoms with Crippen molar-refractivity contribution in [2.45, 2.75) is 58.4 Å². The Balaban J connectivity index is 2.49. The van der Waals surface area contributed by atoms with Crippen molar-refractivity contribution in [2.75, 3.05) is 13.1 Å². The largest absolute Gasteiger partial charge is 0.481 e. The van der Waals surface area contributed by atoms with Gasteiger partial charge >= 0.3 is 5.97 Å². The molecule has 0 unspecified atom stereocenters. The van der Waals surface area contributed by atoms with Crippen LogP contribution in [0.2, 0.25) is 0 Å². The van der Waals surface area contributed by atoms with Gasteiger partial charge in [-0.05, 0) is 58.4 Å². The van der Waals surface area contributed by atoms with Crippen LogP contribution in [0, 0.1) is 11.8 Å². The average molecular weight is 284 g/mol. The predicted molar refractivity (Wildman–Crippen MR) is 78.2 cm³/mol. The van der Waals surface area contributed by atoms with E-state index >= 15 is 0 Å². The second-order valence-corrected chi connectivity index (χ2v) is 6.08. The summed E-state index contributed by atoms with van der Waals surface area (Å²) >= 11 is 0. The minimum atomic E-state index is -0.801. The number of carboxylic acid groups (broad SMARTS) is 1. The van der Waals surface area contributed by atoms with Crippen LogP contribution in [0.3, 0.4) is 0 Å². The molecule has 0 atom stereocenters. The maximum Gasteiger partial charge on any atom is 0.303 e. The Kier molecular flexibility index (Phi) is 6.99. The molecule has 5 nitrogen and oxygen atoms in total. The third-order valence-corrected chi connectivity index (χ3v) is 4.23. The molecule has 5 heteroatoms. The predicted octanol–water partition coefficient (Wildman–Crippen LogP) is 1.85. The molecule has 0 aliphatic heterocycles. The minimum Gasteiger partial charge on any atom is -0.481 e. The van der Waals surface area contributed by atoms with E-state index in [1.165, 1.54) is 0 Å². The van der Waals surface area contributed by atoms with Gasteiger partial charge in [-0.2, -0.15) is 0 Å². The van der Waals surface area contributed by atoms with Crippen LogP contribution in [0.4, 0.5) is 0 Å². The van der Waals surface area contributed by atoms with E-state index in [-0.39, 0.29) is 24.3 Å². The van der Waals surface area contributed by atoms with Gasteiger partial charge in [-0.15, -0.1) is 0 Å². The molecule has 0 bridgehead atoms. The summed E-state index contributed by atoms with van der Waals surface area (Å²) in [4.78, 5) is 25.0. The highest BCUT2D eigenvalue weighted by Gasteiger charge is 2.29. The van der Waals surface area contributed by atoms with E-state index in [1.807, 2.05) is 18.7 Å². The first-order valence-electron chi connectivity index (χ1n) is 7.68. The molecule has 1 amide bonds. The highest BCUT2D eigenvalue weighted by Crippen LogP contribution is 2.30. The van der Waals surface area contributed by atoms with Crippen molar-refractivity contribution in [1.29, 1.82) is 0 Å². The van der Waals surface area contributed by atoms with Crippen molar-refractivity contribution in [1.82, 2.24) is 4.90 Å². The van der Waals surface area contributed by atoms with Gasteiger partial charge in [0.15, 0.2) is 0 Å². The highest BCUT2D eigenvalue weighted by molar-refractivity contribution is 5.79. The second kappa shape index (κ2) is 8.25. The zero-order chi connectivity index (χ0) is 15.1. The number of hydrogen-bond donors (Lipinski definition) is 2. The summed E-state index contributed by atoms with van der Waals surface area (Å²) in [5.74, 6) is 0.0639. The second-order valence-electron chi connectivity index (χ2n) is 6.08. The first-order chi connectivity index (χ1) is 9.45. The van der Waals surface area contributed by atoms with Crippen LogP contribution in [0.25, 0.3) is 0 Å². The topological polar surface area (TPSA) is 83.6 Å². The van der Waals surface area contributed by atoms with E-state index in [0.717, 1.165) is 25.7 Å². The van der Waals surface area contributed by atoms with Gasteiger partial charge < -0.3 is 15.7 Å². The van der Waals surface area contributed by atoms with E-state index < -0.39 is 5.97 Å². The van der Waals surface area contributed by atoms with E-state index in [4.69, 9.17) is 10.8 Å². The molecule has 1 rings (SSSR count). The number of nitrogens with two attached hydrogens (primary N) is 1. The van der Waals surface area contributed by atoms with Gasteiger partial charge in [-0.3, -0.25) is 9.59 Å². The van der Waals surface area contributed by atoms with Crippen LogP contribution in [-0.2, 0) is 9.59 Å². The van der Waals surface area contributed by atoms with E-state index in [0.29, 0.717) is 25.4 Å². The lowest BCUT2D eigenvalue weighted by Gasteiger charge is -2.34. The van der Waals surface area contributed by atoms with E-state index in [2.05, 4.69) is 0 Å².